The van der Waals surface area contributed by atoms with E-state index in [1.54, 1.807) is 0 Å². The Labute approximate surface area is 61.3 Å². The van der Waals surface area contributed by atoms with Crippen LogP contribution in [0.3, 0.4) is 0 Å². The van der Waals surface area contributed by atoms with E-state index in [4.69, 9.17) is 4.74 Å². The van der Waals surface area contributed by atoms with Gasteiger partial charge in [-0.25, -0.2) is 0 Å². The molecule has 1 spiro atoms. The summed E-state index contributed by atoms with van der Waals surface area (Å²) in [4.78, 5) is 2.28. The van der Waals surface area contributed by atoms with Gasteiger partial charge in [-0.2, -0.15) is 0 Å². The first kappa shape index (κ1) is 6.58. The lowest BCUT2D eigenvalue weighted by Gasteiger charge is -2.50. The Kier molecular flexibility index (Phi) is 1.44. The minimum Gasteiger partial charge on any atom is -0.370 e. The third kappa shape index (κ3) is 0.944. The van der Waals surface area contributed by atoms with Gasteiger partial charge in [-0.15, -0.1) is 0 Å². The van der Waals surface area contributed by atoms with Gasteiger partial charge in [-0.3, -0.25) is 0 Å². The third-order valence-corrected chi connectivity index (χ3v) is 2.25. The van der Waals surface area contributed by atoms with E-state index >= 15 is 0 Å². The fourth-order valence-corrected chi connectivity index (χ4v) is 1.85. The summed E-state index contributed by atoms with van der Waals surface area (Å²) in [6.45, 7) is 5.14. The van der Waals surface area contributed by atoms with Crippen LogP contribution < -0.4 is 5.32 Å². The van der Waals surface area contributed by atoms with Crippen molar-refractivity contribution < 1.29 is 4.74 Å². The lowest BCUT2D eigenvalue weighted by atomic mass is 9.93. The summed E-state index contributed by atoms with van der Waals surface area (Å²) < 4.78 is 5.67. The molecule has 0 radical (unpaired) electrons. The van der Waals surface area contributed by atoms with Gasteiger partial charge in [-0.05, 0) is 7.05 Å². The zero-order chi connectivity index (χ0) is 7.03. The Morgan fingerprint density at radius 3 is 2.80 bits per heavy atom. The number of morpholine rings is 1. The molecule has 2 saturated heterocycles. The Morgan fingerprint density at radius 1 is 1.50 bits per heavy atom. The number of likely N-dealkylation sites (tertiary alicyclic amines) is 1. The van der Waals surface area contributed by atoms with Crippen molar-refractivity contribution in [1.82, 2.24) is 10.2 Å². The van der Waals surface area contributed by atoms with E-state index in [0.717, 1.165) is 32.8 Å². The standard InChI is InChI=1S/C7H14N2O/c1-9-5-7(6-9)4-8-2-3-10-7/h8H,2-6H2,1H3. The molecule has 0 aromatic heterocycles. The largest absolute Gasteiger partial charge is 0.370 e. The van der Waals surface area contributed by atoms with Crippen LogP contribution in [0.4, 0.5) is 0 Å². The second-order valence-electron chi connectivity index (χ2n) is 3.38. The molecule has 0 aliphatic carbocycles. The van der Waals surface area contributed by atoms with Crippen LogP contribution in [0.1, 0.15) is 0 Å². The summed E-state index contributed by atoms with van der Waals surface area (Å²) in [6, 6.07) is 0. The summed E-state index contributed by atoms with van der Waals surface area (Å²) >= 11 is 0. The molecule has 0 aromatic rings. The molecule has 3 heteroatoms. The van der Waals surface area contributed by atoms with E-state index in [1.807, 2.05) is 0 Å². The van der Waals surface area contributed by atoms with Crippen molar-refractivity contribution in [1.29, 1.82) is 0 Å². The van der Waals surface area contributed by atoms with Crippen LogP contribution in [-0.4, -0.2) is 50.3 Å². The molecule has 0 atom stereocenters. The monoisotopic (exact) mass is 142 g/mol. The van der Waals surface area contributed by atoms with Crippen molar-refractivity contribution in [3.8, 4) is 0 Å². The maximum atomic E-state index is 5.67. The summed E-state index contributed by atoms with van der Waals surface area (Å²) in [7, 11) is 2.13. The smallest absolute Gasteiger partial charge is 0.106 e. The van der Waals surface area contributed by atoms with Crippen LogP contribution in [0, 0.1) is 0 Å². The molecule has 0 amide bonds. The summed E-state index contributed by atoms with van der Waals surface area (Å²) in [5, 5.41) is 3.35. The number of ether oxygens (including phenoxy) is 1. The number of hydrogen-bond acceptors (Lipinski definition) is 3. The zero-order valence-corrected chi connectivity index (χ0v) is 6.39. The number of nitrogens with zero attached hydrogens (tertiary/aromatic N) is 1. The Balaban J connectivity index is 1.90. The van der Waals surface area contributed by atoms with Crippen molar-refractivity contribution in [3.05, 3.63) is 0 Å². The highest BCUT2D eigenvalue weighted by molar-refractivity contribution is 4.99. The van der Waals surface area contributed by atoms with Gasteiger partial charge in [0, 0.05) is 26.2 Å². The lowest BCUT2D eigenvalue weighted by molar-refractivity contribution is -0.148. The SMILES string of the molecule is CN1CC2(CNCCO2)C1. The summed E-state index contributed by atoms with van der Waals surface area (Å²) in [6.07, 6.45) is 0. The van der Waals surface area contributed by atoms with Crippen LogP contribution in [0.5, 0.6) is 0 Å². The summed E-state index contributed by atoms with van der Waals surface area (Å²) in [5.41, 5.74) is 0.188. The van der Waals surface area contributed by atoms with Gasteiger partial charge in [0.05, 0.1) is 6.61 Å². The number of hydrogen-bond donors (Lipinski definition) is 1. The van der Waals surface area contributed by atoms with E-state index in [0.29, 0.717) is 0 Å². The van der Waals surface area contributed by atoms with Crippen molar-refractivity contribution in [2.24, 2.45) is 0 Å². The van der Waals surface area contributed by atoms with E-state index in [2.05, 4.69) is 17.3 Å². The quantitative estimate of drug-likeness (QED) is 0.483. The first-order valence-electron chi connectivity index (χ1n) is 3.84. The van der Waals surface area contributed by atoms with Gasteiger partial charge < -0.3 is 15.0 Å². The summed E-state index contributed by atoms with van der Waals surface area (Å²) in [5.74, 6) is 0. The van der Waals surface area contributed by atoms with Crippen molar-refractivity contribution >= 4 is 0 Å². The molecule has 0 saturated carbocycles. The van der Waals surface area contributed by atoms with Gasteiger partial charge in [0.15, 0.2) is 0 Å². The van der Waals surface area contributed by atoms with Crippen LogP contribution in [-0.2, 0) is 4.74 Å². The molecule has 2 aliphatic heterocycles. The molecule has 1 N–H and O–H groups in total. The van der Waals surface area contributed by atoms with Crippen LogP contribution >= 0.6 is 0 Å². The second kappa shape index (κ2) is 2.19. The van der Waals surface area contributed by atoms with Crippen LogP contribution in [0.15, 0.2) is 0 Å². The fraction of sp³-hybridized carbons (Fsp3) is 1.00. The van der Waals surface area contributed by atoms with Crippen LogP contribution in [0.2, 0.25) is 0 Å². The highest BCUT2D eigenvalue weighted by Gasteiger charge is 2.43. The van der Waals surface area contributed by atoms with Gasteiger partial charge in [0.2, 0.25) is 0 Å². The molecule has 2 rings (SSSR count). The molecular formula is C7H14N2O. The van der Waals surface area contributed by atoms with Gasteiger partial charge in [-0.1, -0.05) is 0 Å². The van der Waals surface area contributed by atoms with Gasteiger partial charge in [0.25, 0.3) is 0 Å². The molecule has 0 bridgehead atoms. The molecule has 0 unspecified atom stereocenters. The number of nitrogens with one attached hydrogen (secondary N) is 1. The van der Waals surface area contributed by atoms with E-state index in [-0.39, 0.29) is 5.60 Å². The zero-order valence-electron chi connectivity index (χ0n) is 6.39. The minimum atomic E-state index is 0.188. The number of likely N-dealkylation sites (N-methyl/N-ethyl adjacent to an activating group) is 1. The first-order chi connectivity index (χ1) is 4.81. The van der Waals surface area contributed by atoms with Crippen LogP contribution in [0.25, 0.3) is 0 Å². The van der Waals surface area contributed by atoms with E-state index in [9.17, 15) is 0 Å². The third-order valence-electron chi connectivity index (χ3n) is 2.25. The highest BCUT2D eigenvalue weighted by atomic mass is 16.5. The topological polar surface area (TPSA) is 24.5 Å². The molecule has 3 nitrogen and oxygen atoms in total. The maximum absolute atomic E-state index is 5.67. The predicted octanol–water partition coefficient (Wildman–Crippen LogP) is -0.710. The average molecular weight is 142 g/mol. The second-order valence-corrected chi connectivity index (χ2v) is 3.38. The van der Waals surface area contributed by atoms with E-state index in [1.165, 1.54) is 0 Å². The molecular weight excluding hydrogens is 128 g/mol. The molecule has 2 aliphatic rings. The van der Waals surface area contributed by atoms with E-state index < -0.39 is 0 Å². The van der Waals surface area contributed by atoms with Crippen molar-refractivity contribution in [2.45, 2.75) is 5.60 Å². The first-order valence-corrected chi connectivity index (χ1v) is 3.84. The highest BCUT2D eigenvalue weighted by Crippen LogP contribution is 2.24. The van der Waals surface area contributed by atoms with Crippen molar-refractivity contribution in [3.63, 3.8) is 0 Å². The minimum absolute atomic E-state index is 0.188. The van der Waals surface area contributed by atoms with Gasteiger partial charge in [0.1, 0.15) is 5.60 Å². The molecule has 58 valence electrons. The Morgan fingerprint density at radius 2 is 2.30 bits per heavy atom. The molecule has 2 fully saturated rings. The normalized spacial score (nSPS) is 32.1. The molecule has 10 heavy (non-hydrogen) atoms. The Hall–Kier alpha value is -0.120. The molecule has 2 heterocycles. The van der Waals surface area contributed by atoms with Crippen molar-refractivity contribution in [2.75, 3.05) is 39.8 Å². The molecule has 0 aromatic carbocycles. The van der Waals surface area contributed by atoms with Gasteiger partial charge >= 0.3 is 0 Å². The fourth-order valence-electron chi connectivity index (χ4n) is 1.85. The lowest BCUT2D eigenvalue weighted by Crippen LogP contribution is -2.68. The predicted molar refractivity (Wildman–Crippen MR) is 39.0 cm³/mol. The number of rotatable bonds is 0. The average Bonchev–Trinajstić information content (AvgIpc) is 1.87. The maximum Gasteiger partial charge on any atom is 0.106 e. The Bertz CT molecular complexity index is 116.